The molecule has 0 saturated heterocycles. The van der Waals surface area contributed by atoms with Crippen LogP contribution in [0.25, 0.3) is 0 Å². The van der Waals surface area contributed by atoms with Crippen LogP contribution in [-0.2, 0) is 9.53 Å². The van der Waals surface area contributed by atoms with Crippen molar-refractivity contribution in [1.29, 1.82) is 0 Å². The van der Waals surface area contributed by atoms with Crippen LogP contribution in [0.2, 0.25) is 0 Å². The SMILES string of the molecule is COCOc1cc(C(=O)NCC(=O)O)ccc1F. The van der Waals surface area contributed by atoms with Gasteiger partial charge in [-0.3, -0.25) is 9.59 Å². The molecule has 2 N–H and O–H groups in total. The zero-order valence-electron chi connectivity index (χ0n) is 9.60. The molecule has 1 aromatic rings. The van der Waals surface area contributed by atoms with Gasteiger partial charge in [-0.25, -0.2) is 4.39 Å². The number of carboxylic acid groups (broad SMARTS) is 1. The van der Waals surface area contributed by atoms with Crippen molar-refractivity contribution in [1.82, 2.24) is 5.32 Å². The van der Waals surface area contributed by atoms with E-state index in [1.807, 2.05) is 0 Å². The Balaban J connectivity index is 2.77. The highest BCUT2D eigenvalue weighted by Crippen LogP contribution is 2.18. The first-order chi connectivity index (χ1) is 8.54. The van der Waals surface area contributed by atoms with Gasteiger partial charge in [-0.1, -0.05) is 0 Å². The number of ether oxygens (including phenoxy) is 2. The van der Waals surface area contributed by atoms with Crippen LogP contribution in [0, 0.1) is 5.82 Å². The number of aliphatic carboxylic acids is 1. The van der Waals surface area contributed by atoms with Crippen molar-refractivity contribution in [3.63, 3.8) is 0 Å². The first-order valence-electron chi connectivity index (χ1n) is 4.96. The number of halogens is 1. The maximum atomic E-state index is 13.3. The van der Waals surface area contributed by atoms with E-state index in [1.165, 1.54) is 19.2 Å². The highest BCUT2D eigenvalue weighted by Gasteiger charge is 2.11. The van der Waals surface area contributed by atoms with Crippen molar-refractivity contribution in [2.45, 2.75) is 0 Å². The minimum atomic E-state index is -1.17. The fourth-order valence-corrected chi connectivity index (χ4v) is 1.14. The second-order valence-corrected chi connectivity index (χ2v) is 3.27. The molecule has 0 unspecified atom stereocenters. The van der Waals surface area contributed by atoms with E-state index in [4.69, 9.17) is 9.84 Å². The lowest BCUT2D eigenvalue weighted by Gasteiger charge is -2.08. The van der Waals surface area contributed by atoms with Gasteiger partial charge in [0.1, 0.15) is 6.54 Å². The third kappa shape index (κ3) is 4.02. The largest absolute Gasteiger partial charge is 0.480 e. The van der Waals surface area contributed by atoms with E-state index in [0.717, 1.165) is 6.07 Å². The monoisotopic (exact) mass is 257 g/mol. The molecule has 0 atom stereocenters. The van der Waals surface area contributed by atoms with Gasteiger partial charge in [0.2, 0.25) is 0 Å². The predicted molar refractivity (Wildman–Crippen MR) is 58.9 cm³/mol. The number of rotatable bonds is 6. The summed E-state index contributed by atoms with van der Waals surface area (Å²) < 4.78 is 22.8. The number of carbonyl (C=O) groups excluding carboxylic acids is 1. The van der Waals surface area contributed by atoms with Gasteiger partial charge in [0.25, 0.3) is 5.91 Å². The van der Waals surface area contributed by atoms with Crippen LogP contribution >= 0.6 is 0 Å². The van der Waals surface area contributed by atoms with Gasteiger partial charge in [-0.05, 0) is 18.2 Å². The Kier molecular flexibility index (Phi) is 5.06. The van der Waals surface area contributed by atoms with Crippen LogP contribution in [0.3, 0.4) is 0 Å². The molecule has 98 valence electrons. The third-order valence-electron chi connectivity index (χ3n) is 1.93. The molecular formula is C11H12FNO5. The first kappa shape index (κ1) is 13.9. The molecule has 0 fully saturated rings. The van der Waals surface area contributed by atoms with Gasteiger partial charge in [0, 0.05) is 12.7 Å². The molecule has 18 heavy (non-hydrogen) atoms. The molecule has 0 spiro atoms. The summed E-state index contributed by atoms with van der Waals surface area (Å²) in [5.74, 6) is -2.57. The summed E-state index contributed by atoms with van der Waals surface area (Å²) >= 11 is 0. The molecular weight excluding hydrogens is 245 g/mol. The minimum Gasteiger partial charge on any atom is -0.480 e. The zero-order chi connectivity index (χ0) is 13.5. The molecule has 0 saturated carbocycles. The molecule has 6 nitrogen and oxygen atoms in total. The van der Waals surface area contributed by atoms with Crippen molar-refractivity contribution in [2.24, 2.45) is 0 Å². The fourth-order valence-electron chi connectivity index (χ4n) is 1.14. The van der Waals surface area contributed by atoms with E-state index in [9.17, 15) is 14.0 Å². The summed E-state index contributed by atoms with van der Waals surface area (Å²) in [6, 6.07) is 3.46. The van der Waals surface area contributed by atoms with Crippen LogP contribution in [0.5, 0.6) is 5.75 Å². The molecule has 1 amide bonds. The predicted octanol–water partition coefficient (Wildman–Crippen LogP) is 0.623. The zero-order valence-corrected chi connectivity index (χ0v) is 9.60. The van der Waals surface area contributed by atoms with E-state index in [0.29, 0.717) is 0 Å². The molecule has 0 aliphatic carbocycles. The number of nitrogens with one attached hydrogen (secondary N) is 1. The Morgan fingerprint density at radius 3 is 2.78 bits per heavy atom. The number of carboxylic acids is 1. The maximum Gasteiger partial charge on any atom is 0.322 e. The van der Waals surface area contributed by atoms with Crippen LogP contribution in [0.15, 0.2) is 18.2 Å². The number of amides is 1. The molecule has 7 heteroatoms. The lowest BCUT2D eigenvalue weighted by Crippen LogP contribution is -2.29. The quantitative estimate of drug-likeness (QED) is 0.730. The highest BCUT2D eigenvalue weighted by molar-refractivity contribution is 5.96. The number of methoxy groups -OCH3 is 1. The molecule has 1 rings (SSSR count). The van der Waals surface area contributed by atoms with Crippen molar-refractivity contribution >= 4 is 11.9 Å². The first-order valence-corrected chi connectivity index (χ1v) is 4.96. The number of benzene rings is 1. The average Bonchev–Trinajstić information content (AvgIpc) is 2.35. The topological polar surface area (TPSA) is 84.9 Å². The second kappa shape index (κ2) is 6.55. The van der Waals surface area contributed by atoms with E-state index < -0.39 is 24.2 Å². The standard InChI is InChI=1S/C11H12FNO5/c1-17-6-18-9-4-7(2-3-8(9)12)11(16)13-5-10(14)15/h2-4H,5-6H2,1H3,(H,13,16)(H,14,15). The van der Waals surface area contributed by atoms with Gasteiger partial charge in [0.15, 0.2) is 18.4 Å². The molecule has 0 radical (unpaired) electrons. The molecule has 1 aromatic carbocycles. The van der Waals surface area contributed by atoms with E-state index in [1.54, 1.807) is 0 Å². The Hall–Kier alpha value is -2.15. The van der Waals surface area contributed by atoms with Crippen molar-refractivity contribution in [2.75, 3.05) is 20.4 Å². The Bertz CT molecular complexity index is 449. The lowest BCUT2D eigenvalue weighted by atomic mass is 10.2. The van der Waals surface area contributed by atoms with Crippen molar-refractivity contribution in [3.8, 4) is 5.75 Å². The van der Waals surface area contributed by atoms with E-state index >= 15 is 0 Å². The Labute approximate surface area is 102 Å². The van der Waals surface area contributed by atoms with Gasteiger partial charge in [-0.2, -0.15) is 0 Å². The van der Waals surface area contributed by atoms with Crippen LogP contribution in [0.4, 0.5) is 4.39 Å². The van der Waals surface area contributed by atoms with Crippen LogP contribution in [0.1, 0.15) is 10.4 Å². The maximum absolute atomic E-state index is 13.3. The summed E-state index contributed by atoms with van der Waals surface area (Å²) in [5.41, 5.74) is 0.101. The third-order valence-corrected chi connectivity index (χ3v) is 1.93. The number of hydrogen-bond acceptors (Lipinski definition) is 4. The van der Waals surface area contributed by atoms with Gasteiger partial charge >= 0.3 is 5.97 Å². The summed E-state index contributed by atoms with van der Waals surface area (Å²) in [4.78, 5) is 21.8. The molecule has 0 bridgehead atoms. The Morgan fingerprint density at radius 1 is 1.44 bits per heavy atom. The van der Waals surface area contributed by atoms with Crippen molar-refractivity contribution in [3.05, 3.63) is 29.6 Å². The van der Waals surface area contributed by atoms with E-state index in [-0.39, 0.29) is 18.1 Å². The van der Waals surface area contributed by atoms with Gasteiger partial charge < -0.3 is 19.9 Å². The fraction of sp³-hybridized carbons (Fsp3) is 0.273. The molecule has 0 aromatic heterocycles. The average molecular weight is 257 g/mol. The number of hydrogen-bond donors (Lipinski definition) is 2. The Morgan fingerprint density at radius 2 is 2.17 bits per heavy atom. The normalized spacial score (nSPS) is 9.89. The summed E-state index contributed by atoms with van der Waals surface area (Å²) in [7, 11) is 1.38. The second-order valence-electron chi connectivity index (χ2n) is 3.27. The van der Waals surface area contributed by atoms with Gasteiger partial charge in [-0.15, -0.1) is 0 Å². The summed E-state index contributed by atoms with van der Waals surface area (Å²) in [5, 5.41) is 10.6. The van der Waals surface area contributed by atoms with Crippen molar-refractivity contribution < 1.29 is 28.6 Å². The van der Waals surface area contributed by atoms with E-state index in [2.05, 4.69) is 10.1 Å². The lowest BCUT2D eigenvalue weighted by molar-refractivity contribution is -0.135. The van der Waals surface area contributed by atoms with Gasteiger partial charge in [0.05, 0.1) is 0 Å². The molecule has 0 aliphatic heterocycles. The molecule has 0 heterocycles. The summed E-state index contributed by atoms with van der Waals surface area (Å²) in [6.45, 7) is -0.665. The highest BCUT2D eigenvalue weighted by atomic mass is 19.1. The smallest absolute Gasteiger partial charge is 0.322 e. The number of carbonyl (C=O) groups is 2. The summed E-state index contributed by atoms with van der Waals surface area (Å²) in [6.07, 6.45) is 0. The minimum absolute atomic E-state index is 0.101. The molecule has 0 aliphatic rings. The van der Waals surface area contributed by atoms with Crippen LogP contribution in [-0.4, -0.2) is 37.4 Å². The van der Waals surface area contributed by atoms with Crippen LogP contribution < -0.4 is 10.1 Å².